The molecule has 0 bridgehead atoms. The molecule has 1 aliphatic heterocycles. The van der Waals surface area contributed by atoms with Crippen LogP contribution in [0.15, 0.2) is 57.9 Å². The molecule has 0 aliphatic carbocycles. The number of benzene rings is 2. The maximum Gasteiger partial charge on any atom is 0.294 e. The third-order valence-corrected chi connectivity index (χ3v) is 5.11. The van der Waals surface area contributed by atoms with Crippen LogP contribution in [0.25, 0.3) is 6.08 Å². The number of thioether (sulfide) groups is 1. The van der Waals surface area contributed by atoms with Gasteiger partial charge in [0.1, 0.15) is 12.3 Å². The summed E-state index contributed by atoms with van der Waals surface area (Å²) in [6, 6.07) is 13.3. The smallest absolute Gasteiger partial charge is 0.294 e. The van der Waals surface area contributed by atoms with Crippen LogP contribution in [0.5, 0.6) is 5.75 Å². The zero-order chi connectivity index (χ0) is 18.7. The molecule has 2 N–H and O–H groups in total. The van der Waals surface area contributed by atoms with Gasteiger partial charge in [0, 0.05) is 4.47 Å². The minimum absolute atomic E-state index is 0.110. The van der Waals surface area contributed by atoms with Crippen molar-refractivity contribution < 1.29 is 19.5 Å². The van der Waals surface area contributed by atoms with E-state index in [1.54, 1.807) is 36.4 Å². The normalized spacial score (nSPS) is 15.6. The number of rotatable bonds is 4. The number of nitrogens with one attached hydrogen (secondary N) is 1. The molecular weight excluding hydrogens is 420 g/mol. The van der Waals surface area contributed by atoms with Gasteiger partial charge in [0.2, 0.25) is 5.91 Å². The highest BCUT2D eigenvalue weighted by atomic mass is 79.9. The van der Waals surface area contributed by atoms with E-state index in [1.807, 2.05) is 6.07 Å². The molecule has 3 rings (SSSR count). The number of phenols is 1. The molecule has 0 saturated carbocycles. The highest BCUT2D eigenvalue weighted by Gasteiger charge is 2.36. The van der Waals surface area contributed by atoms with Gasteiger partial charge < -0.3 is 10.4 Å². The zero-order valence-corrected chi connectivity index (χ0v) is 15.7. The molecule has 1 fully saturated rings. The Morgan fingerprint density at radius 2 is 1.85 bits per heavy atom. The number of amides is 3. The van der Waals surface area contributed by atoms with E-state index in [2.05, 4.69) is 21.2 Å². The second kappa shape index (κ2) is 7.76. The Kier molecular flexibility index (Phi) is 5.43. The van der Waals surface area contributed by atoms with Crippen LogP contribution in [0.2, 0.25) is 0 Å². The fourth-order valence-corrected chi connectivity index (χ4v) is 3.48. The first-order chi connectivity index (χ1) is 12.4. The molecule has 2 aromatic rings. The first-order valence-electron chi connectivity index (χ1n) is 7.53. The molecule has 2 aromatic carbocycles. The van der Waals surface area contributed by atoms with E-state index >= 15 is 0 Å². The zero-order valence-electron chi connectivity index (χ0n) is 13.3. The van der Waals surface area contributed by atoms with Crippen molar-refractivity contribution in [3.8, 4) is 5.75 Å². The molecule has 3 amide bonds. The van der Waals surface area contributed by atoms with Crippen molar-refractivity contribution in [3.05, 3.63) is 63.5 Å². The van der Waals surface area contributed by atoms with E-state index in [1.165, 1.54) is 12.1 Å². The predicted octanol–water partition coefficient (Wildman–Crippen LogP) is 3.83. The Morgan fingerprint density at radius 1 is 1.15 bits per heavy atom. The van der Waals surface area contributed by atoms with Crippen LogP contribution in [-0.2, 0) is 9.59 Å². The Morgan fingerprint density at radius 3 is 2.54 bits per heavy atom. The number of halogens is 1. The second-order valence-corrected chi connectivity index (χ2v) is 7.23. The predicted molar refractivity (Wildman–Crippen MR) is 104 cm³/mol. The summed E-state index contributed by atoms with van der Waals surface area (Å²) in [6.45, 7) is -0.362. The molecule has 1 saturated heterocycles. The molecule has 0 spiro atoms. The summed E-state index contributed by atoms with van der Waals surface area (Å²) >= 11 is 4.10. The van der Waals surface area contributed by atoms with Crippen molar-refractivity contribution >= 4 is 56.5 Å². The van der Waals surface area contributed by atoms with Gasteiger partial charge in [-0.1, -0.05) is 24.3 Å². The van der Waals surface area contributed by atoms with Gasteiger partial charge in [0.25, 0.3) is 11.1 Å². The molecule has 0 aromatic heterocycles. The number of aromatic hydroxyl groups is 1. The minimum Gasteiger partial charge on any atom is -0.508 e. The third-order valence-electron chi connectivity index (χ3n) is 3.51. The molecule has 8 heteroatoms. The van der Waals surface area contributed by atoms with E-state index < -0.39 is 17.1 Å². The number of nitrogens with zero attached hydrogens (tertiary/aromatic N) is 1. The van der Waals surface area contributed by atoms with Gasteiger partial charge in [-0.25, -0.2) is 0 Å². The highest BCUT2D eigenvalue weighted by molar-refractivity contribution is 9.10. The fraction of sp³-hybridized carbons (Fsp3) is 0.0556. The molecule has 1 aliphatic rings. The summed E-state index contributed by atoms with van der Waals surface area (Å²) in [5, 5.41) is 11.5. The van der Waals surface area contributed by atoms with Crippen molar-refractivity contribution in [3.63, 3.8) is 0 Å². The molecule has 132 valence electrons. The monoisotopic (exact) mass is 432 g/mol. The van der Waals surface area contributed by atoms with Gasteiger partial charge >= 0.3 is 0 Å². The lowest BCUT2D eigenvalue weighted by molar-refractivity contribution is -0.127. The van der Waals surface area contributed by atoms with E-state index in [0.717, 1.165) is 16.7 Å². The van der Waals surface area contributed by atoms with Crippen molar-refractivity contribution in [2.24, 2.45) is 0 Å². The Balaban J connectivity index is 1.70. The number of imide groups is 1. The van der Waals surface area contributed by atoms with Gasteiger partial charge in [0.15, 0.2) is 0 Å². The van der Waals surface area contributed by atoms with Crippen molar-refractivity contribution in [1.29, 1.82) is 0 Å². The molecular formula is C18H13BrN2O4S. The molecule has 0 radical (unpaired) electrons. The summed E-state index contributed by atoms with van der Waals surface area (Å²) in [6.07, 6.45) is 1.55. The van der Waals surface area contributed by atoms with E-state index in [9.17, 15) is 19.5 Å². The van der Waals surface area contributed by atoms with Crippen molar-refractivity contribution in [2.75, 3.05) is 11.9 Å². The lowest BCUT2D eigenvalue weighted by Crippen LogP contribution is -2.36. The number of carbonyl (C=O) groups is 3. The van der Waals surface area contributed by atoms with E-state index in [4.69, 9.17) is 0 Å². The number of hydrogen-bond donors (Lipinski definition) is 2. The summed E-state index contributed by atoms with van der Waals surface area (Å²) in [5.74, 6) is -0.876. The maximum atomic E-state index is 12.4. The number of anilines is 1. The van der Waals surface area contributed by atoms with Gasteiger partial charge in [-0.05, 0) is 63.6 Å². The van der Waals surface area contributed by atoms with Crippen molar-refractivity contribution in [2.45, 2.75) is 0 Å². The van der Waals surface area contributed by atoms with Crippen LogP contribution in [0.1, 0.15) is 5.56 Å². The van der Waals surface area contributed by atoms with E-state index in [0.29, 0.717) is 15.7 Å². The lowest BCUT2D eigenvalue weighted by Gasteiger charge is -2.13. The lowest BCUT2D eigenvalue weighted by atomic mass is 10.2. The van der Waals surface area contributed by atoms with Crippen LogP contribution in [0.4, 0.5) is 10.5 Å². The number of para-hydroxylation sites is 1. The number of hydrogen-bond acceptors (Lipinski definition) is 5. The van der Waals surface area contributed by atoms with Crippen LogP contribution >= 0.6 is 27.7 Å². The highest BCUT2D eigenvalue weighted by Crippen LogP contribution is 2.32. The molecule has 1 heterocycles. The average molecular weight is 433 g/mol. The van der Waals surface area contributed by atoms with Crippen LogP contribution in [0, 0.1) is 0 Å². The largest absolute Gasteiger partial charge is 0.508 e. The summed E-state index contributed by atoms with van der Waals surface area (Å²) < 4.78 is 0.703. The van der Waals surface area contributed by atoms with Gasteiger partial charge in [0.05, 0.1) is 10.6 Å². The van der Waals surface area contributed by atoms with Gasteiger partial charge in [-0.2, -0.15) is 0 Å². The molecule has 0 unspecified atom stereocenters. The third kappa shape index (κ3) is 4.14. The first-order valence-corrected chi connectivity index (χ1v) is 9.14. The van der Waals surface area contributed by atoms with Crippen LogP contribution in [-0.4, -0.2) is 33.6 Å². The summed E-state index contributed by atoms with van der Waals surface area (Å²) in [5.41, 5.74) is 1.23. The minimum atomic E-state index is -0.518. The topological polar surface area (TPSA) is 86.7 Å². The van der Waals surface area contributed by atoms with Gasteiger partial charge in [-0.15, -0.1) is 0 Å². The Hall–Kier alpha value is -2.58. The Labute approximate surface area is 162 Å². The van der Waals surface area contributed by atoms with Crippen molar-refractivity contribution in [1.82, 2.24) is 4.90 Å². The maximum absolute atomic E-state index is 12.4. The van der Waals surface area contributed by atoms with Gasteiger partial charge in [-0.3, -0.25) is 19.3 Å². The second-order valence-electron chi connectivity index (χ2n) is 5.39. The molecule has 6 nitrogen and oxygen atoms in total. The van der Waals surface area contributed by atoms with Crippen LogP contribution < -0.4 is 5.32 Å². The molecule has 26 heavy (non-hydrogen) atoms. The summed E-state index contributed by atoms with van der Waals surface area (Å²) in [7, 11) is 0. The summed E-state index contributed by atoms with van der Waals surface area (Å²) in [4.78, 5) is 37.8. The molecule has 0 atom stereocenters. The fourth-order valence-electron chi connectivity index (χ4n) is 2.25. The standard InChI is InChI=1S/C18H13BrN2O4S/c19-13-3-1-2-4-14(13)20-16(23)10-21-17(24)15(26-18(21)25)9-11-5-7-12(22)8-6-11/h1-9,22H,10H2,(H,20,23)/b15-9+. The number of phenolic OH excluding ortho intramolecular Hbond substituents is 1. The number of carbonyl (C=O) groups excluding carboxylic acids is 3. The Bertz CT molecular complexity index is 912. The van der Waals surface area contributed by atoms with Crippen LogP contribution in [0.3, 0.4) is 0 Å². The first kappa shape index (κ1) is 18.2. The SMILES string of the molecule is O=C(CN1C(=O)S/C(=C/c2ccc(O)cc2)C1=O)Nc1ccccc1Br. The quantitative estimate of drug-likeness (QED) is 0.716. The van der Waals surface area contributed by atoms with E-state index in [-0.39, 0.29) is 17.2 Å². The average Bonchev–Trinajstić information content (AvgIpc) is 2.86.